The molecule has 0 radical (unpaired) electrons. The highest BCUT2D eigenvalue weighted by Crippen LogP contribution is 2.23. The molecule has 1 aromatic heterocycles. The second-order valence-corrected chi connectivity index (χ2v) is 4.34. The van der Waals surface area contributed by atoms with Crippen LogP contribution in [0.5, 0.6) is 0 Å². The van der Waals surface area contributed by atoms with Crippen LogP contribution in [0.3, 0.4) is 0 Å². The first-order valence-electron chi connectivity index (χ1n) is 5.96. The molecule has 6 heteroatoms. The van der Waals surface area contributed by atoms with Gasteiger partial charge in [-0.1, -0.05) is 0 Å². The fourth-order valence-corrected chi connectivity index (χ4v) is 2.20. The Balaban J connectivity index is 1.94. The molecule has 2 heterocycles. The molecule has 1 fully saturated rings. The van der Waals surface area contributed by atoms with Crippen LogP contribution in [-0.2, 0) is 4.74 Å². The summed E-state index contributed by atoms with van der Waals surface area (Å²) in [6.45, 7) is 3.23. The van der Waals surface area contributed by atoms with Crippen molar-refractivity contribution in [2.45, 2.75) is 0 Å². The van der Waals surface area contributed by atoms with Gasteiger partial charge in [0.05, 0.1) is 13.2 Å². The first kappa shape index (κ1) is 11.6. The molecule has 3 rings (SSSR count). The van der Waals surface area contributed by atoms with Crippen molar-refractivity contribution in [1.82, 2.24) is 0 Å². The molecule has 2 N–H and O–H groups in total. The molecule has 0 aliphatic carbocycles. The Labute approximate surface area is 105 Å². The van der Waals surface area contributed by atoms with Gasteiger partial charge < -0.3 is 24.1 Å². The number of hydrogen-bond acceptors (Lipinski definition) is 5. The highest BCUT2D eigenvalue weighted by atomic mass is 16.5. The minimum atomic E-state index is -1.57. The molecule has 5 nitrogen and oxygen atoms in total. The molecule has 1 aliphatic rings. The second-order valence-electron chi connectivity index (χ2n) is 4.34. The van der Waals surface area contributed by atoms with Crippen molar-refractivity contribution in [1.29, 1.82) is 0 Å². The highest BCUT2D eigenvalue weighted by molar-refractivity contribution is 6.57. The Hall–Kier alpha value is -1.50. The molecule has 0 saturated carbocycles. The average molecular weight is 247 g/mol. The minimum absolute atomic E-state index is 0.170. The largest absolute Gasteiger partial charge is 0.526 e. The average Bonchev–Trinajstić information content (AvgIpc) is 2.82. The first-order valence-corrected chi connectivity index (χ1v) is 5.96. The Bertz CT molecular complexity index is 548. The number of anilines is 1. The summed E-state index contributed by atoms with van der Waals surface area (Å²) in [6.07, 6.45) is 0. The lowest BCUT2D eigenvalue weighted by Gasteiger charge is -2.28. The van der Waals surface area contributed by atoms with Crippen LogP contribution < -0.4 is 10.6 Å². The summed E-state index contributed by atoms with van der Waals surface area (Å²) < 4.78 is 10.6. The molecule has 18 heavy (non-hydrogen) atoms. The molecule has 0 bridgehead atoms. The molecule has 1 aliphatic heterocycles. The van der Waals surface area contributed by atoms with E-state index in [1.807, 2.05) is 18.2 Å². The zero-order valence-electron chi connectivity index (χ0n) is 9.87. The van der Waals surface area contributed by atoms with E-state index in [9.17, 15) is 0 Å². The molecular weight excluding hydrogens is 233 g/mol. The van der Waals surface area contributed by atoms with Gasteiger partial charge in [0.2, 0.25) is 0 Å². The Morgan fingerprint density at radius 3 is 2.61 bits per heavy atom. The molecule has 0 spiro atoms. The fourth-order valence-electron chi connectivity index (χ4n) is 2.20. The van der Waals surface area contributed by atoms with E-state index < -0.39 is 7.12 Å². The second kappa shape index (κ2) is 4.64. The molecule has 2 aromatic rings. The third-order valence-corrected chi connectivity index (χ3v) is 3.15. The van der Waals surface area contributed by atoms with Gasteiger partial charge in [-0.2, -0.15) is 0 Å². The summed E-state index contributed by atoms with van der Waals surface area (Å²) in [4.78, 5) is 2.24. The van der Waals surface area contributed by atoms with Gasteiger partial charge in [-0.15, -0.1) is 0 Å². The summed E-state index contributed by atoms with van der Waals surface area (Å²) in [5.41, 5.74) is 1.94. The zero-order chi connectivity index (χ0) is 12.5. The molecule has 1 saturated heterocycles. The van der Waals surface area contributed by atoms with Gasteiger partial charge in [0.1, 0.15) is 11.2 Å². The number of rotatable bonds is 2. The van der Waals surface area contributed by atoms with E-state index in [0.29, 0.717) is 5.58 Å². The predicted molar refractivity (Wildman–Crippen MR) is 69.1 cm³/mol. The third kappa shape index (κ3) is 2.10. The number of hydrogen-bond donors (Lipinski definition) is 2. The van der Waals surface area contributed by atoms with Crippen molar-refractivity contribution in [3.63, 3.8) is 0 Å². The fraction of sp³-hybridized carbons (Fsp3) is 0.333. The Kier molecular flexibility index (Phi) is 2.99. The van der Waals surface area contributed by atoms with Crippen LogP contribution in [0.25, 0.3) is 11.0 Å². The van der Waals surface area contributed by atoms with E-state index in [1.165, 1.54) is 0 Å². The third-order valence-electron chi connectivity index (χ3n) is 3.15. The van der Waals surface area contributed by atoms with Crippen molar-refractivity contribution in [2.24, 2.45) is 0 Å². The van der Waals surface area contributed by atoms with E-state index in [0.717, 1.165) is 37.4 Å². The normalized spacial score (nSPS) is 16.2. The summed E-state index contributed by atoms with van der Waals surface area (Å²) in [5, 5.41) is 19.0. The van der Waals surface area contributed by atoms with E-state index >= 15 is 0 Å². The molecule has 0 unspecified atom stereocenters. The van der Waals surface area contributed by atoms with Crippen molar-refractivity contribution in [2.75, 3.05) is 31.2 Å². The van der Waals surface area contributed by atoms with Crippen molar-refractivity contribution in [3.8, 4) is 0 Å². The number of nitrogens with zero attached hydrogens (tertiary/aromatic N) is 1. The topological polar surface area (TPSA) is 66.1 Å². The van der Waals surface area contributed by atoms with Gasteiger partial charge in [0, 0.05) is 24.2 Å². The van der Waals surface area contributed by atoms with Crippen molar-refractivity contribution in [3.05, 3.63) is 24.3 Å². The van der Waals surface area contributed by atoms with E-state index in [-0.39, 0.29) is 5.66 Å². The maximum atomic E-state index is 9.08. The number of benzene rings is 1. The summed E-state index contributed by atoms with van der Waals surface area (Å²) in [5.74, 6) is 0. The maximum absolute atomic E-state index is 9.08. The van der Waals surface area contributed by atoms with Crippen LogP contribution in [0.15, 0.2) is 28.7 Å². The van der Waals surface area contributed by atoms with Crippen molar-refractivity contribution >= 4 is 29.4 Å². The lowest BCUT2D eigenvalue weighted by atomic mass is 9.88. The van der Waals surface area contributed by atoms with Gasteiger partial charge in [0.15, 0.2) is 0 Å². The number of furan rings is 1. The number of morpholine rings is 1. The van der Waals surface area contributed by atoms with Crippen LogP contribution in [0.2, 0.25) is 0 Å². The van der Waals surface area contributed by atoms with Gasteiger partial charge in [-0.3, -0.25) is 0 Å². The van der Waals surface area contributed by atoms with Crippen LogP contribution in [0.4, 0.5) is 5.69 Å². The van der Waals surface area contributed by atoms with Gasteiger partial charge >= 0.3 is 7.12 Å². The quantitative estimate of drug-likeness (QED) is 0.728. The van der Waals surface area contributed by atoms with E-state index in [4.69, 9.17) is 19.2 Å². The molecule has 94 valence electrons. The van der Waals surface area contributed by atoms with Crippen LogP contribution >= 0.6 is 0 Å². The van der Waals surface area contributed by atoms with Crippen LogP contribution in [-0.4, -0.2) is 43.5 Å². The number of fused-ring (bicyclic) bond motifs is 1. The monoisotopic (exact) mass is 247 g/mol. The van der Waals surface area contributed by atoms with Gasteiger partial charge in [0.25, 0.3) is 0 Å². The van der Waals surface area contributed by atoms with Gasteiger partial charge in [-0.25, -0.2) is 0 Å². The zero-order valence-corrected chi connectivity index (χ0v) is 9.87. The maximum Gasteiger partial charge on any atom is 0.526 e. The summed E-state index contributed by atoms with van der Waals surface area (Å²) >= 11 is 0. The summed E-state index contributed by atoms with van der Waals surface area (Å²) in [7, 11) is -1.57. The minimum Gasteiger partial charge on any atom is -0.465 e. The molecule has 1 aromatic carbocycles. The predicted octanol–water partition coefficient (Wildman–Crippen LogP) is -0.0508. The Morgan fingerprint density at radius 2 is 1.89 bits per heavy atom. The lowest BCUT2D eigenvalue weighted by Crippen LogP contribution is -2.36. The number of ether oxygens (including phenoxy) is 1. The van der Waals surface area contributed by atoms with E-state index in [1.54, 1.807) is 6.07 Å². The van der Waals surface area contributed by atoms with Crippen molar-refractivity contribution < 1.29 is 19.2 Å². The highest BCUT2D eigenvalue weighted by Gasteiger charge is 2.18. The lowest BCUT2D eigenvalue weighted by molar-refractivity contribution is 0.122. The molecular formula is C12H14BNO4. The summed E-state index contributed by atoms with van der Waals surface area (Å²) in [6, 6.07) is 7.48. The Morgan fingerprint density at radius 1 is 1.11 bits per heavy atom. The standard InChI is InChI=1S/C12H14BNO4/c15-13(16)12-8-9-7-10(1-2-11(9)18-12)14-3-5-17-6-4-14/h1-2,7-8,15-16H,3-6H2. The smallest absolute Gasteiger partial charge is 0.465 e. The van der Waals surface area contributed by atoms with Gasteiger partial charge in [-0.05, 0) is 24.3 Å². The molecule has 0 atom stereocenters. The van der Waals surface area contributed by atoms with Crippen LogP contribution in [0, 0.1) is 0 Å². The van der Waals surface area contributed by atoms with E-state index in [2.05, 4.69) is 4.90 Å². The molecule has 0 amide bonds. The first-order chi connectivity index (χ1) is 8.74. The SMILES string of the molecule is OB(O)c1cc2cc(N3CCOCC3)ccc2o1. The van der Waals surface area contributed by atoms with Crippen LogP contribution in [0.1, 0.15) is 0 Å².